The summed E-state index contributed by atoms with van der Waals surface area (Å²) in [6.07, 6.45) is 0.739. The Hall–Kier alpha value is -2.17. The van der Waals surface area contributed by atoms with Crippen LogP contribution in [0.2, 0.25) is 0 Å². The van der Waals surface area contributed by atoms with Crippen LogP contribution in [0.15, 0.2) is 28.8 Å². The van der Waals surface area contributed by atoms with Crippen LogP contribution in [-0.4, -0.2) is 16.0 Å². The molecule has 0 saturated carbocycles. The van der Waals surface area contributed by atoms with Crippen molar-refractivity contribution in [2.24, 2.45) is 5.41 Å². The van der Waals surface area contributed by atoms with E-state index in [0.29, 0.717) is 11.7 Å². The Labute approximate surface area is 118 Å². The van der Waals surface area contributed by atoms with Crippen molar-refractivity contribution < 1.29 is 9.32 Å². The van der Waals surface area contributed by atoms with E-state index in [1.807, 2.05) is 52.0 Å². The molecule has 1 heterocycles. The Balaban J connectivity index is 2.12. The lowest BCUT2D eigenvalue weighted by Gasteiger charge is -2.17. The first-order valence-electron chi connectivity index (χ1n) is 6.64. The van der Waals surface area contributed by atoms with E-state index in [2.05, 4.69) is 15.5 Å². The summed E-state index contributed by atoms with van der Waals surface area (Å²) in [5, 5.41) is 6.73. The number of hydrogen-bond donors (Lipinski definition) is 1. The van der Waals surface area contributed by atoms with Crippen molar-refractivity contribution in [1.82, 2.24) is 10.1 Å². The van der Waals surface area contributed by atoms with Gasteiger partial charge in [0.05, 0.1) is 0 Å². The molecule has 0 fully saturated rings. The number of carbonyl (C=O) groups is 1. The van der Waals surface area contributed by atoms with E-state index in [0.717, 1.165) is 17.7 Å². The highest BCUT2D eigenvalue weighted by Crippen LogP contribution is 2.21. The molecule has 0 radical (unpaired) electrons. The van der Waals surface area contributed by atoms with Gasteiger partial charge in [-0.15, -0.1) is 0 Å². The molecule has 20 heavy (non-hydrogen) atoms. The van der Waals surface area contributed by atoms with E-state index in [1.54, 1.807) is 0 Å². The summed E-state index contributed by atoms with van der Waals surface area (Å²) in [6, 6.07) is 7.36. The third-order valence-corrected chi connectivity index (χ3v) is 2.86. The van der Waals surface area contributed by atoms with Crippen molar-refractivity contribution in [2.45, 2.75) is 34.1 Å². The average molecular weight is 273 g/mol. The van der Waals surface area contributed by atoms with Crippen LogP contribution in [0.25, 0.3) is 11.5 Å². The molecular formula is C15H19N3O2. The highest BCUT2D eigenvalue weighted by molar-refractivity contribution is 5.94. The molecule has 0 bridgehead atoms. The molecule has 2 rings (SSSR count). The number of rotatable bonds is 3. The van der Waals surface area contributed by atoms with E-state index < -0.39 is 5.41 Å². The molecule has 0 saturated heterocycles. The first-order chi connectivity index (χ1) is 9.40. The molecule has 106 valence electrons. The van der Waals surface area contributed by atoms with Crippen LogP contribution in [0.4, 0.5) is 5.69 Å². The molecule has 0 atom stereocenters. The van der Waals surface area contributed by atoms with Gasteiger partial charge in [-0.1, -0.05) is 32.9 Å². The fourth-order valence-electron chi connectivity index (χ4n) is 1.53. The fourth-order valence-corrected chi connectivity index (χ4v) is 1.53. The van der Waals surface area contributed by atoms with Gasteiger partial charge in [-0.2, -0.15) is 4.98 Å². The zero-order chi connectivity index (χ0) is 14.8. The largest absolute Gasteiger partial charge is 0.334 e. The summed E-state index contributed by atoms with van der Waals surface area (Å²) < 4.78 is 5.17. The number of aryl methyl sites for hydroxylation is 1. The van der Waals surface area contributed by atoms with Crippen molar-refractivity contribution >= 4 is 11.6 Å². The summed E-state index contributed by atoms with van der Waals surface area (Å²) in [4.78, 5) is 16.1. The molecule has 1 amide bonds. The zero-order valence-electron chi connectivity index (χ0n) is 12.2. The van der Waals surface area contributed by atoms with Gasteiger partial charge in [0, 0.05) is 23.1 Å². The third-order valence-electron chi connectivity index (χ3n) is 2.86. The molecule has 1 N–H and O–H groups in total. The number of nitrogens with zero attached hydrogens (tertiary/aromatic N) is 2. The van der Waals surface area contributed by atoms with Gasteiger partial charge >= 0.3 is 0 Å². The molecule has 0 spiro atoms. The first-order valence-corrected chi connectivity index (χ1v) is 6.64. The lowest BCUT2D eigenvalue weighted by molar-refractivity contribution is -0.123. The highest BCUT2D eigenvalue weighted by Gasteiger charge is 2.21. The minimum atomic E-state index is -0.415. The van der Waals surface area contributed by atoms with Gasteiger partial charge in [-0.05, 0) is 24.3 Å². The summed E-state index contributed by atoms with van der Waals surface area (Å²) >= 11 is 0. The normalized spacial score (nSPS) is 11.4. The minimum Gasteiger partial charge on any atom is -0.334 e. The van der Waals surface area contributed by atoms with E-state index in [9.17, 15) is 4.79 Å². The molecule has 0 aliphatic carbocycles. The maximum atomic E-state index is 11.9. The van der Waals surface area contributed by atoms with E-state index >= 15 is 0 Å². The quantitative estimate of drug-likeness (QED) is 0.931. The molecule has 0 aliphatic rings. The second-order valence-corrected chi connectivity index (χ2v) is 5.65. The first kappa shape index (κ1) is 14.2. The van der Waals surface area contributed by atoms with Gasteiger partial charge in [-0.25, -0.2) is 0 Å². The Kier molecular flexibility index (Phi) is 3.88. The molecule has 1 aromatic heterocycles. The van der Waals surface area contributed by atoms with Crippen molar-refractivity contribution in [3.8, 4) is 11.5 Å². The van der Waals surface area contributed by atoms with Crippen molar-refractivity contribution in [1.29, 1.82) is 0 Å². The number of amides is 1. The Morgan fingerprint density at radius 2 is 1.90 bits per heavy atom. The van der Waals surface area contributed by atoms with Crippen LogP contribution in [0.3, 0.4) is 0 Å². The third kappa shape index (κ3) is 3.23. The number of carbonyl (C=O) groups excluding carboxylic acids is 1. The summed E-state index contributed by atoms with van der Waals surface area (Å²) in [5.41, 5.74) is 1.18. The predicted octanol–water partition coefficient (Wildman–Crippen LogP) is 3.28. The molecule has 5 nitrogen and oxygen atoms in total. The molecule has 5 heteroatoms. The fraction of sp³-hybridized carbons (Fsp3) is 0.400. The van der Waals surface area contributed by atoms with Crippen molar-refractivity contribution in [3.63, 3.8) is 0 Å². The highest BCUT2D eigenvalue weighted by atomic mass is 16.5. The Bertz CT molecular complexity index is 594. The topological polar surface area (TPSA) is 68.0 Å². The van der Waals surface area contributed by atoms with E-state index in [1.165, 1.54) is 0 Å². The maximum Gasteiger partial charge on any atom is 0.257 e. The summed E-state index contributed by atoms with van der Waals surface area (Å²) in [5.74, 6) is 1.16. The van der Waals surface area contributed by atoms with E-state index in [4.69, 9.17) is 4.52 Å². The number of anilines is 1. The van der Waals surface area contributed by atoms with Crippen LogP contribution in [0.5, 0.6) is 0 Å². The van der Waals surface area contributed by atoms with Gasteiger partial charge in [-0.3, -0.25) is 4.79 Å². The molecular weight excluding hydrogens is 254 g/mol. The lowest BCUT2D eigenvalue weighted by atomic mass is 9.95. The van der Waals surface area contributed by atoms with Crippen LogP contribution < -0.4 is 5.32 Å². The zero-order valence-corrected chi connectivity index (χ0v) is 12.2. The van der Waals surface area contributed by atoms with Crippen LogP contribution in [0, 0.1) is 5.41 Å². The number of benzene rings is 1. The van der Waals surface area contributed by atoms with Gasteiger partial charge in [0.1, 0.15) is 0 Å². The second kappa shape index (κ2) is 5.45. The van der Waals surface area contributed by atoms with Crippen LogP contribution in [0.1, 0.15) is 33.5 Å². The van der Waals surface area contributed by atoms with Gasteiger partial charge in [0.15, 0.2) is 5.82 Å². The van der Waals surface area contributed by atoms with Crippen LogP contribution in [-0.2, 0) is 11.2 Å². The monoisotopic (exact) mass is 273 g/mol. The second-order valence-electron chi connectivity index (χ2n) is 5.65. The van der Waals surface area contributed by atoms with Crippen molar-refractivity contribution in [3.05, 3.63) is 30.1 Å². The van der Waals surface area contributed by atoms with Crippen LogP contribution >= 0.6 is 0 Å². The molecule has 0 aliphatic heterocycles. The predicted molar refractivity (Wildman–Crippen MR) is 77.2 cm³/mol. The Morgan fingerprint density at radius 1 is 1.25 bits per heavy atom. The average Bonchev–Trinajstić information content (AvgIpc) is 2.87. The number of hydrogen-bond acceptors (Lipinski definition) is 4. The summed E-state index contributed by atoms with van der Waals surface area (Å²) in [7, 11) is 0. The maximum absolute atomic E-state index is 11.9. The Morgan fingerprint density at radius 3 is 2.40 bits per heavy atom. The lowest BCUT2D eigenvalue weighted by Crippen LogP contribution is -2.27. The van der Waals surface area contributed by atoms with E-state index in [-0.39, 0.29) is 5.91 Å². The minimum absolute atomic E-state index is 0.0173. The summed E-state index contributed by atoms with van der Waals surface area (Å²) in [6.45, 7) is 7.60. The molecule has 1 aromatic carbocycles. The SMILES string of the molecule is CCc1noc(-c2ccc(NC(=O)C(C)(C)C)cc2)n1. The number of nitrogens with one attached hydrogen (secondary N) is 1. The molecule has 2 aromatic rings. The number of aromatic nitrogens is 2. The van der Waals surface area contributed by atoms with Crippen molar-refractivity contribution in [2.75, 3.05) is 5.32 Å². The van der Waals surface area contributed by atoms with Gasteiger partial charge in [0.25, 0.3) is 5.89 Å². The molecule has 0 unspecified atom stereocenters. The van der Waals surface area contributed by atoms with Gasteiger partial charge < -0.3 is 9.84 Å². The standard InChI is InChI=1S/C15H19N3O2/c1-5-12-17-13(20-18-12)10-6-8-11(9-7-10)16-14(19)15(2,3)4/h6-9H,5H2,1-4H3,(H,16,19). The smallest absolute Gasteiger partial charge is 0.257 e. The van der Waals surface area contributed by atoms with Gasteiger partial charge in [0.2, 0.25) is 5.91 Å².